The fraction of sp³-hybridized carbons (Fsp3) is 0.917. The monoisotopic (exact) mass is 290 g/mol. The smallest absolute Gasteiger partial charge is 0.452 e. The van der Waals surface area contributed by atoms with Gasteiger partial charge in [0.05, 0.1) is 25.9 Å². The average Bonchev–Trinajstić information content (AvgIpc) is 2.23. The fourth-order valence-corrected chi connectivity index (χ4v) is 5.09. The van der Waals surface area contributed by atoms with E-state index in [1.54, 1.807) is 6.92 Å². The molecule has 3 heterocycles. The summed E-state index contributed by atoms with van der Waals surface area (Å²) in [5.41, 5.74) is 0. The molecule has 3 rings (SSSR count). The van der Waals surface area contributed by atoms with Crippen molar-refractivity contribution in [2.45, 2.75) is 39.4 Å². The number of likely N-dealkylation sites (N-methyl/N-ethyl adjacent to an activating group) is 1. The molecule has 110 valence electrons. The van der Waals surface area contributed by atoms with Crippen LogP contribution < -0.4 is 0 Å². The Bertz CT molecular complexity index is 337. The van der Waals surface area contributed by atoms with Crippen molar-refractivity contribution in [2.75, 3.05) is 33.3 Å². The molecule has 6 nitrogen and oxygen atoms in total. The maximum Gasteiger partial charge on any atom is 0.752 e. The standard InChI is InChI=1S/C12H24NO5Si/c1-5-12(14)18-19-15-7-6-13(4,8-10(2)16-19)9-11(3)17-19/h10-11H,5-9H2,1-4H3/q+1. The minimum Gasteiger partial charge on any atom is -0.452 e. The van der Waals surface area contributed by atoms with E-state index in [4.69, 9.17) is 17.7 Å². The summed E-state index contributed by atoms with van der Waals surface area (Å²) in [6, 6.07) is 0. The Hall–Kier alpha value is -0.473. The van der Waals surface area contributed by atoms with Crippen LogP contribution >= 0.6 is 0 Å². The zero-order chi connectivity index (χ0) is 14.1. The van der Waals surface area contributed by atoms with Gasteiger partial charge in [0, 0.05) is 6.42 Å². The minimum absolute atomic E-state index is 0.0471. The van der Waals surface area contributed by atoms with E-state index in [1.165, 1.54) is 0 Å². The second-order valence-corrected chi connectivity index (χ2v) is 7.71. The highest BCUT2D eigenvalue weighted by atomic mass is 28.4. The van der Waals surface area contributed by atoms with Gasteiger partial charge in [-0.25, -0.2) is 0 Å². The van der Waals surface area contributed by atoms with Crippen LogP contribution in [0.25, 0.3) is 0 Å². The van der Waals surface area contributed by atoms with Crippen LogP contribution in [0.3, 0.4) is 0 Å². The summed E-state index contributed by atoms with van der Waals surface area (Å²) in [5.74, 6) is -0.329. The average molecular weight is 290 g/mol. The fourth-order valence-electron chi connectivity index (χ4n) is 2.84. The molecule has 2 unspecified atom stereocenters. The van der Waals surface area contributed by atoms with Gasteiger partial charge in [-0.2, -0.15) is 0 Å². The largest absolute Gasteiger partial charge is 0.752 e. The first kappa shape index (κ1) is 14.9. The summed E-state index contributed by atoms with van der Waals surface area (Å²) in [6.45, 7) is 8.86. The van der Waals surface area contributed by atoms with E-state index < -0.39 is 9.05 Å². The first-order valence-corrected chi connectivity index (χ1v) is 8.55. The van der Waals surface area contributed by atoms with Gasteiger partial charge in [-0.15, -0.1) is 0 Å². The molecular weight excluding hydrogens is 266 g/mol. The van der Waals surface area contributed by atoms with Gasteiger partial charge in [-0.05, 0) is 13.8 Å². The lowest BCUT2D eigenvalue weighted by Gasteiger charge is -2.45. The molecule has 19 heavy (non-hydrogen) atoms. The third-order valence-electron chi connectivity index (χ3n) is 3.52. The molecule has 0 radical (unpaired) electrons. The maximum absolute atomic E-state index is 11.6. The third-order valence-corrected chi connectivity index (χ3v) is 5.94. The first-order chi connectivity index (χ1) is 8.86. The Labute approximate surface area is 115 Å². The predicted octanol–water partition coefficient (Wildman–Crippen LogP) is 0.676. The number of carbonyl (C=O) groups excluding carboxylic acids is 1. The molecule has 3 saturated heterocycles. The summed E-state index contributed by atoms with van der Waals surface area (Å²) in [6.07, 6.45) is 0.199. The van der Waals surface area contributed by atoms with Gasteiger partial charge >= 0.3 is 9.05 Å². The number of quaternary nitrogens is 1. The molecule has 0 N–H and O–H groups in total. The van der Waals surface area contributed by atoms with Gasteiger partial charge in [0.25, 0.3) is 5.97 Å². The number of rotatable bonds is 2. The molecule has 0 aromatic rings. The topological polar surface area (TPSA) is 54.0 Å². The normalized spacial score (nSPS) is 43.2. The zero-order valence-corrected chi connectivity index (χ0v) is 13.2. The van der Waals surface area contributed by atoms with E-state index in [0.29, 0.717) is 13.0 Å². The molecule has 0 aromatic heterocycles. The summed E-state index contributed by atoms with van der Waals surface area (Å²) in [7, 11) is -1.15. The predicted molar refractivity (Wildman–Crippen MR) is 70.0 cm³/mol. The van der Waals surface area contributed by atoms with Crippen LogP contribution in [0.5, 0.6) is 0 Å². The quantitative estimate of drug-likeness (QED) is 0.553. The Morgan fingerprint density at radius 2 is 1.89 bits per heavy atom. The van der Waals surface area contributed by atoms with Crippen LogP contribution in [-0.2, 0) is 22.5 Å². The van der Waals surface area contributed by atoms with Gasteiger partial charge in [0.15, 0.2) is 0 Å². The van der Waals surface area contributed by atoms with Gasteiger partial charge in [-0.3, -0.25) is 4.79 Å². The SMILES string of the molecule is CCC(=O)O[Si]12OCC[N+](C)(CC(C)O1)CC(C)O2. The van der Waals surface area contributed by atoms with Gasteiger partial charge in [0.1, 0.15) is 19.6 Å². The van der Waals surface area contributed by atoms with Crippen molar-refractivity contribution in [3.8, 4) is 0 Å². The van der Waals surface area contributed by atoms with Gasteiger partial charge in [-0.1, -0.05) is 6.92 Å². The molecule has 7 heteroatoms. The van der Waals surface area contributed by atoms with Crippen LogP contribution in [0, 0.1) is 0 Å². The second kappa shape index (κ2) is 5.49. The lowest BCUT2D eigenvalue weighted by molar-refractivity contribution is -0.917. The minimum atomic E-state index is -3.33. The highest BCUT2D eigenvalue weighted by molar-refractivity contribution is 6.55. The van der Waals surface area contributed by atoms with Crippen LogP contribution in [0.15, 0.2) is 0 Å². The van der Waals surface area contributed by atoms with E-state index >= 15 is 0 Å². The molecule has 0 aromatic carbocycles. The van der Waals surface area contributed by atoms with Crippen LogP contribution in [0.1, 0.15) is 27.2 Å². The van der Waals surface area contributed by atoms with E-state index in [-0.39, 0.29) is 18.2 Å². The molecule has 0 amide bonds. The Morgan fingerprint density at radius 3 is 2.42 bits per heavy atom. The van der Waals surface area contributed by atoms with Gasteiger partial charge < -0.3 is 22.2 Å². The van der Waals surface area contributed by atoms with Crippen LogP contribution in [0.2, 0.25) is 0 Å². The molecule has 0 saturated carbocycles. The van der Waals surface area contributed by atoms with E-state index in [9.17, 15) is 4.79 Å². The third kappa shape index (κ3) is 3.54. The van der Waals surface area contributed by atoms with E-state index in [1.807, 2.05) is 13.8 Å². The van der Waals surface area contributed by atoms with Crippen molar-refractivity contribution in [1.29, 1.82) is 0 Å². The molecule has 3 aliphatic rings. The maximum atomic E-state index is 11.6. The van der Waals surface area contributed by atoms with E-state index in [0.717, 1.165) is 24.1 Å². The number of hydrogen-bond acceptors (Lipinski definition) is 5. The molecular formula is C12H24NO5Si+. The summed E-state index contributed by atoms with van der Waals surface area (Å²) in [5, 5.41) is 0. The Balaban J connectivity index is 2.23. The van der Waals surface area contributed by atoms with Crippen LogP contribution in [-0.4, -0.2) is 65.0 Å². The Kier molecular flexibility index (Phi) is 4.31. The molecule has 2 atom stereocenters. The van der Waals surface area contributed by atoms with Gasteiger partial charge in [0.2, 0.25) is 0 Å². The highest BCUT2D eigenvalue weighted by Gasteiger charge is 2.57. The Morgan fingerprint density at radius 1 is 1.32 bits per heavy atom. The highest BCUT2D eigenvalue weighted by Crippen LogP contribution is 2.26. The molecule has 3 aliphatic heterocycles. The summed E-state index contributed by atoms with van der Waals surface area (Å²) < 4.78 is 23.8. The van der Waals surface area contributed by atoms with E-state index in [2.05, 4.69) is 7.05 Å². The number of hydrogen-bond donors (Lipinski definition) is 0. The van der Waals surface area contributed by atoms with Crippen molar-refractivity contribution in [3.05, 3.63) is 0 Å². The summed E-state index contributed by atoms with van der Waals surface area (Å²) >= 11 is 0. The lowest BCUT2D eigenvalue weighted by atomic mass is 10.2. The number of nitrogens with zero attached hydrogens (tertiary/aromatic N) is 1. The molecule has 3 fully saturated rings. The van der Waals surface area contributed by atoms with Crippen molar-refractivity contribution >= 4 is 15.0 Å². The number of fused-ring (bicyclic) bond motifs is 6. The van der Waals surface area contributed by atoms with Crippen molar-refractivity contribution in [2.24, 2.45) is 0 Å². The van der Waals surface area contributed by atoms with Crippen molar-refractivity contribution in [3.63, 3.8) is 0 Å². The lowest BCUT2D eigenvalue weighted by Crippen LogP contribution is -2.66. The molecule has 2 bridgehead atoms. The first-order valence-electron chi connectivity index (χ1n) is 6.91. The van der Waals surface area contributed by atoms with Crippen LogP contribution in [0.4, 0.5) is 0 Å². The molecule has 0 aliphatic carbocycles. The second-order valence-electron chi connectivity index (χ2n) is 5.74. The zero-order valence-electron chi connectivity index (χ0n) is 12.2. The summed E-state index contributed by atoms with van der Waals surface area (Å²) in [4.78, 5) is 11.6. The number of carbonyl (C=O) groups is 1. The van der Waals surface area contributed by atoms with Crippen molar-refractivity contribution in [1.82, 2.24) is 0 Å². The van der Waals surface area contributed by atoms with Crippen molar-refractivity contribution < 1.29 is 27.0 Å². The molecule has 0 spiro atoms.